The van der Waals surface area contributed by atoms with Crippen molar-refractivity contribution >= 4 is 33.8 Å². The molecule has 0 radical (unpaired) electrons. The number of thiazole rings is 1. The molecule has 3 aromatic rings. The molecule has 0 spiro atoms. The molecule has 32 heavy (non-hydrogen) atoms. The second-order valence-corrected chi connectivity index (χ2v) is 8.80. The van der Waals surface area contributed by atoms with E-state index in [0.717, 1.165) is 37.4 Å². The number of benzene rings is 2. The van der Waals surface area contributed by atoms with Crippen LogP contribution >= 0.6 is 11.3 Å². The fraction of sp³-hybridized carbons (Fsp3) is 0.304. The Morgan fingerprint density at radius 2 is 1.94 bits per heavy atom. The van der Waals surface area contributed by atoms with Gasteiger partial charge in [0.1, 0.15) is 0 Å². The Labute approximate surface area is 190 Å². The molecule has 0 atom stereocenters. The number of hydrogen-bond donors (Lipinski definition) is 2. The van der Waals surface area contributed by atoms with Crippen molar-refractivity contribution in [2.45, 2.75) is 32.4 Å². The maximum Gasteiger partial charge on any atom is 0.269 e. The summed E-state index contributed by atoms with van der Waals surface area (Å²) in [6, 6.07) is 16.7. The Balaban J connectivity index is 1.20. The van der Waals surface area contributed by atoms with Crippen LogP contribution in [0.1, 0.15) is 29.0 Å². The third kappa shape index (κ3) is 5.89. The monoisotopic (exact) mass is 451 g/mol. The number of nitro groups is 1. The Morgan fingerprint density at radius 1 is 1.16 bits per heavy atom. The highest BCUT2D eigenvalue weighted by atomic mass is 32.1. The first kappa shape index (κ1) is 21.9. The molecule has 1 amide bonds. The molecule has 2 aromatic carbocycles. The lowest BCUT2D eigenvalue weighted by Gasteiger charge is -2.25. The van der Waals surface area contributed by atoms with E-state index in [0.29, 0.717) is 24.5 Å². The lowest BCUT2D eigenvalue weighted by atomic mass is 10.1. The maximum atomic E-state index is 12.3. The fourth-order valence-corrected chi connectivity index (χ4v) is 4.71. The van der Waals surface area contributed by atoms with E-state index < -0.39 is 4.92 Å². The molecule has 0 aliphatic carbocycles. The fourth-order valence-electron chi connectivity index (χ4n) is 3.64. The first-order valence-corrected chi connectivity index (χ1v) is 11.4. The van der Waals surface area contributed by atoms with E-state index in [9.17, 15) is 14.9 Å². The molecule has 0 fully saturated rings. The number of amides is 1. The molecule has 8 nitrogen and oxygen atoms in total. The van der Waals surface area contributed by atoms with E-state index in [1.54, 1.807) is 23.5 Å². The highest BCUT2D eigenvalue weighted by Gasteiger charge is 2.21. The van der Waals surface area contributed by atoms with Gasteiger partial charge in [0.15, 0.2) is 5.13 Å². The van der Waals surface area contributed by atoms with Crippen LogP contribution in [0.4, 0.5) is 16.5 Å². The third-order valence-electron chi connectivity index (χ3n) is 5.29. The lowest BCUT2D eigenvalue weighted by Crippen LogP contribution is -2.29. The predicted molar refractivity (Wildman–Crippen MR) is 126 cm³/mol. The number of carbonyl (C=O) groups is 1. The standard InChI is InChI=1S/C23H25N5O3S/c29-22(7-4-13-24-18-8-10-19(11-9-18)28(30)31)26-23-25-20-12-14-27(16-21(20)32-23)15-17-5-2-1-3-6-17/h1-3,5-6,8-11,24H,4,7,12-16H2,(H,25,26,29). The van der Waals surface area contributed by atoms with Crippen LogP contribution in [0.5, 0.6) is 0 Å². The first-order chi connectivity index (χ1) is 15.6. The summed E-state index contributed by atoms with van der Waals surface area (Å²) >= 11 is 1.56. The molecule has 2 heterocycles. The summed E-state index contributed by atoms with van der Waals surface area (Å²) in [7, 11) is 0. The Morgan fingerprint density at radius 3 is 2.69 bits per heavy atom. The largest absolute Gasteiger partial charge is 0.385 e. The summed E-state index contributed by atoms with van der Waals surface area (Å²) in [6.07, 6.45) is 1.93. The molecule has 2 N–H and O–H groups in total. The second kappa shape index (κ2) is 10.3. The van der Waals surface area contributed by atoms with Gasteiger partial charge in [-0.05, 0) is 24.1 Å². The number of aromatic nitrogens is 1. The van der Waals surface area contributed by atoms with Crippen LogP contribution in [0.15, 0.2) is 54.6 Å². The summed E-state index contributed by atoms with van der Waals surface area (Å²) in [4.78, 5) is 30.8. The van der Waals surface area contributed by atoms with Gasteiger partial charge < -0.3 is 10.6 Å². The molecular formula is C23H25N5O3S. The van der Waals surface area contributed by atoms with E-state index >= 15 is 0 Å². The number of non-ortho nitro benzene ring substituents is 1. The zero-order valence-electron chi connectivity index (χ0n) is 17.6. The van der Waals surface area contributed by atoms with Crippen molar-refractivity contribution in [1.82, 2.24) is 9.88 Å². The van der Waals surface area contributed by atoms with Crippen LogP contribution in [0.2, 0.25) is 0 Å². The van der Waals surface area contributed by atoms with Gasteiger partial charge >= 0.3 is 0 Å². The summed E-state index contributed by atoms with van der Waals surface area (Å²) in [5, 5.41) is 17.5. The Hall–Kier alpha value is -3.30. The van der Waals surface area contributed by atoms with Crippen molar-refractivity contribution in [3.8, 4) is 0 Å². The van der Waals surface area contributed by atoms with Crippen molar-refractivity contribution in [1.29, 1.82) is 0 Å². The molecule has 1 aliphatic heterocycles. The molecule has 0 unspecified atom stereocenters. The van der Waals surface area contributed by atoms with Gasteiger partial charge in [0.05, 0.1) is 10.6 Å². The zero-order valence-corrected chi connectivity index (χ0v) is 18.4. The number of carbonyl (C=O) groups excluding carboxylic acids is 1. The van der Waals surface area contributed by atoms with E-state index in [2.05, 4.69) is 44.8 Å². The summed E-state index contributed by atoms with van der Waals surface area (Å²) in [5.74, 6) is -0.0530. The van der Waals surface area contributed by atoms with Crippen molar-refractivity contribution < 1.29 is 9.72 Å². The van der Waals surface area contributed by atoms with E-state index in [1.165, 1.54) is 22.6 Å². The summed E-state index contributed by atoms with van der Waals surface area (Å²) < 4.78 is 0. The van der Waals surface area contributed by atoms with Crippen LogP contribution in [-0.2, 0) is 24.3 Å². The van der Waals surface area contributed by atoms with E-state index in [4.69, 9.17) is 0 Å². The second-order valence-electron chi connectivity index (χ2n) is 7.72. The van der Waals surface area contributed by atoms with Crippen LogP contribution in [0, 0.1) is 10.1 Å². The number of rotatable bonds is 9. The third-order valence-corrected chi connectivity index (χ3v) is 6.29. The number of nitrogens with zero attached hydrogens (tertiary/aromatic N) is 3. The van der Waals surface area contributed by atoms with Crippen molar-refractivity contribution in [3.05, 3.63) is 80.8 Å². The van der Waals surface area contributed by atoms with Crippen molar-refractivity contribution in [2.24, 2.45) is 0 Å². The van der Waals surface area contributed by atoms with E-state index in [-0.39, 0.29) is 11.6 Å². The molecule has 1 aromatic heterocycles. The highest BCUT2D eigenvalue weighted by molar-refractivity contribution is 7.15. The van der Waals surface area contributed by atoms with E-state index in [1.807, 2.05) is 6.07 Å². The molecule has 0 saturated carbocycles. The number of anilines is 2. The quantitative estimate of drug-likeness (QED) is 0.283. The summed E-state index contributed by atoms with van der Waals surface area (Å²) in [6.45, 7) is 3.35. The number of hydrogen-bond acceptors (Lipinski definition) is 7. The normalized spacial score (nSPS) is 13.4. The highest BCUT2D eigenvalue weighted by Crippen LogP contribution is 2.29. The van der Waals surface area contributed by atoms with Gasteiger partial charge in [-0.2, -0.15) is 0 Å². The molecular weight excluding hydrogens is 426 g/mol. The minimum Gasteiger partial charge on any atom is -0.385 e. The topological polar surface area (TPSA) is 100 Å². The lowest BCUT2D eigenvalue weighted by molar-refractivity contribution is -0.384. The van der Waals surface area contributed by atoms with Crippen LogP contribution < -0.4 is 10.6 Å². The van der Waals surface area contributed by atoms with Crippen molar-refractivity contribution in [2.75, 3.05) is 23.7 Å². The van der Waals surface area contributed by atoms with Gasteiger partial charge in [0, 0.05) is 61.7 Å². The van der Waals surface area contributed by atoms with Gasteiger partial charge in [-0.25, -0.2) is 4.98 Å². The number of fused-ring (bicyclic) bond motifs is 1. The van der Waals surface area contributed by atoms with Gasteiger partial charge in [0.2, 0.25) is 5.91 Å². The minimum absolute atomic E-state index is 0.0530. The smallest absolute Gasteiger partial charge is 0.269 e. The van der Waals surface area contributed by atoms with Gasteiger partial charge in [0.25, 0.3) is 5.69 Å². The Kier molecular flexibility index (Phi) is 7.08. The maximum absolute atomic E-state index is 12.3. The molecule has 9 heteroatoms. The molecule has 1 aliphatic rings. The van der Waals surface area contributed by atoms with Crippen LogP contribution in [0.25, 0.3) is 0 Å². The predicted octanol–water partition coefficient (Wildman–Crippen LogP) is 4.44. The molecule has 0 saturated heterocycles. The van der Waals surface area contributed by atoms with Gasteiger partial charge in [-0.1, -0.05) is 30.3 Å². The summed E-state index contributed by atoms with van der Waals surface area (Å²) in [5.41, 5.74) is 3.25. The molecule has 4 rings (SSSR count). The van der Waals surface area contributed by atoms with Gasteiger partial charge in [-0.15, -0.1) is 11.3 Å². The Bertz CT molecular complexity index is 1070. The zero-order chi connectivity index (χ0) is 22.3. The number of nitrogens with one attached hydrogen (secondary N) is 2. The van der Waals surface area contributed by atoms with Crippen molar-refractivity contribution in [3.63, 3.8) is 0 Å². The number of nitro benzene ring substituents is 1. The minimum atomic E-state index is -0.425. The van der Waals surface area contributed by atoms with Crippen LogP contribution in [-0.4, -0.2) is 33.8 Å². The van der Waals surface area contributed by atoms with Gasteiger partial charge in [-0.3, -0.25) is 19.8 Å². The SMILES string of the molecule is O=C(CCCNc1ccc([N+](=O)[O-])cc1)Nc1nc2c(s1)CN(Cc1ccccc1)CC2. The molecule has 166 valence electrons. The first-order valence-electron chi connectivity index (χ1n) is 10.6. The molecule has 0 bridgehead atoms. The van der Waals surface area contributed by atoms with Crippen LogP contribution in [0.3, 0.4) is 0 Å². The average Bonchev–Trinajstić information content (AvgIpc) is 3.19. The average molecular weight is 452 g/mol.